The number of fused-ring (bicyclic) bond motifs is 1. The Morgan fingerprint density at radius 2 is 1.85 bits per heavy atom. The molecule has 1 aromatic rings. The fourth-order valence-corrected chi connectivity index (χ4v) is 2.74. The Morgan fingerprint density at radius 3 is 2.52 bits per heavy atom. The number of phenols is 1. The third-order valence-electron chi connectivity index (χ3n) is 4.71. The maximum Gasteiger partial charge on any atom is 0.342 e. The van der Waals surface area contributed by atoms with Crippen LogP contribution >= 0.6 is 0 Å². The van der Waals surface area contributed by atoms with Crippen molar-refractivity contribution in [1.29, 1.82) is 0 Å². The number of anilines is 1. The summed E-state index contributed by atoms with van der Waals surface area (Å²) in [4.78, 5) is 12.6. The highest BCUT2D eigenvalue weighted by molar-refractivity contribution is 5.97. The maximum absolute atomic E-state index is 12.6. The molecule has 27 heavy (non-hydrogen) atoms. The average Bonchev–Trinajstić information content (AvgIpc) is 2.63. The zero-order valence-electron chi connectivity index (χ0n) is 15.7. The van der Waals surface area contributed by atoms with Crippen LogP contribution < -0.4 is 5.32 Å². The summed E-state index contributed by atoms with van der Waals surface area (Å²) in [7, 11) is 1.68. The molecule has 0 spiro atoms. The minimum Gasteiger partial charge on any atom is -0.507 e. The highest BCUT2D eigenvalue weighted by Crippen LogP contribution is 2.29. The minimum absolute atomic E-state index is 0.0282. The van der Waals surface area contributed by atoms with Crippen LogP contribution in [0.1, 0.15) is 36.2 Å². The van der Waals surface area contributed by atoms with Crippen LogP contribution in [0, 0.1) is 5.92 Å². The van der Waals surface area contributed by atoms with Crippen molar-refractivity contribution in [2.45, 2.75) is 44.7 Å². The molecule has 5 atom stereocenters. The molecule has 0 fully saturated rings. The van der Waals surface area contributed by atoms with E-state index in [1.54, 1.807) is 45.2 Å². The van der Waals surface area contributed by atoms with E-state index in [0.717, 1.165) is 0 Å². The van der Waals surface area contributed by atoms with Gasteiger partial charge in [-0.3, -0.25) is 0 Å². The third kappa shape index (κ3) is 5.09. The van der Waals surface area contributed by atoms with E-state index in [-0.39, 0.29) is 23.7 Å². The topological polar surface area (TPSA) is 119 Å². The Balaban J connectivity index is 2.48. The van der Waals surface area contributed by atoms with Gasteiger partial charge in [0.15, 0.2) is 0 Å². The first-order valence-electron chi connectivity index (χ1n) is 8.89. The number of nitrogens with one attached hydrogen (secondary N) is 1. The molecule has 5 N–H and O–H groups in total. The van der Waals surface area contributed by atoms with Crippen molar-refractivity contribution < 1.29 is 30.0 Å². The number of benzene rings is 1. The molecule has 1 heterocycles. The van der Waals surface area contributed by atoms with Crippen LogP contribution in [0.3, 0.4) is 0 Å². The molecular weight excluding hydrogens is 350 g/mol. The highest BCUT2D eigenvalue weighted by Gasteiger charge is 2.25. The molecule has 2 rings (SSSR count). The van der Waals surface area contributed by atoms with E-state index in [0.29, 0.717) is 11.3 Å². The summed E-state index contributed by atoms with van der Waals surface area (Å²) in [6.07, 6.45) is 1.86. The van der Waals surface area contributed by atoms with Crippen molar-refractivity contribution in [3.8, 4) is 5.75 Å². The summed E-state index contributed by atoms with van der Waals surface area (Å²) in [6, 6.07) is 3.10. The lowest BCUT2D eigenvalue weighted by atomic mass is 9.99. The van der Waals surface area contributed by atoms with Crippen molar-refractivity contribution in [3.05, 3.63) is 41.5 Å². The number of cyclic esters (lactones) is 1. The predicted molar refractivity (Wildman–Crippen MR) is 103 cm³/mol. The Hall–Kier alpha value is -2.35. The SMILES string of the molecule is CNc1cc(O)c2c(c1)/C=C/CC(O)[C@H](O)C(O)/C=C\[C@@H](C)C(C)OC2=O. The van der Waals surface area contributed by atoms with Gasteiger partial charge in [0.2, 0.25) is 0 Å². The van der Waals surface area contributed by atoms with Crippen LogP contribution in [0.5, 0.6) is 5.75 Å². The molecule has 1 aromatic carbocycles. The molecule has 3 unspecified atom stereocenters. The van der Waals surface area contributed by atoms with E-state index in [2.05, 4.69) is 5.32 Å². The highest BCUT2D eigenvalue weighted by atomic mass is 16.5. The van der Waals surface area contributed by atoms with Gasteiger partial charge in [0, 0.05) is 24.7 Å². The van der Waals surface area contributed by atoms with Crippen LogP contribution in [0.25, 0.3) is 6.08 Å². The van der Waals surface area contributed by atoms with E-state index in [1.165, 1.54) is 12.1 Å². The summed E-state index contributed by atoms with van der Waals surface area (Å²) in [5, 5.41) is 43.4. The predicted octanol–water partition coefficient (Wildman–Crippen LogP) is 1.67. The van der Waals surface area contributed by atoms with Gasteiger partial charge in [-0.05, 0) is 25.0 Å². The number of carbonyl (C=O) groups excluding carboxylic acids is 1. The molecule has 0 aliphatic carbocycles. The standard InChI is InChI=1S/C20H27NO6/c1-11-7-8-16(23)19(25)15(22)6-4-5-13-9-14(21-3)10-17(24)18(13)20(26)27-12(11)2/h4-5,7-12,15-16,19,21-25H,6H2,1-3H3/b5-4+,8-7-/t11-,12?,15?,16?,19+/m1/s1. The molecule has 0 aromatic heterocycles. The molecule has 7 heteroatoms. The van der Waals surface area contributed by atoms with E-state index >= 15 is 0 Å². The second-order valence-corrected chi connectivity index (χ2v) is 6.75. The molecular formula is C20H27NO6. The molecule has 7 nitrogen and oxygen atoms in total. The van der Waals surface area contributed by atoms with Gasteiger partial charge in [-0.2, -0.15) is 0 Å². The van der Waals surface area contributed by atoms with Gasteiger partial charge in [0.1, 0.15) is 29.6 Å². The molecule has 148 valence electrons. The van der Waals surface area contributed by atoms with E-state index in [4.69, 9.17) is 4.74 Å². The van der Waals surface area contributed by atoms with Crippen molar-refractivity contribution in [3.63, 3.8) is 0 Å². The van der Waals surface area contributed by atoms with Crippen LogP contribution in [0.2, 0.25) is 0 Å². The van der Waals surface area contributed by atoms with Crippen LogP contribution in [0.4, 0.5) is 5.69 Å². The fourth-order valence-electron chi connectivity index (χ4n) is 2.74. The number of phenolic OH excluding ortho intramolecular Hbond substituents is 1. The number of rotatable bonds is 1. The van der Waals surface area contributed by atoms with Gasteiger partial charge in [0.25, 0.3) is 0 Å². The summed E-state index contributed by atoms with van der Waals surface area (Å²) in [6.45, 7) is 3.49. The summed E-state index contributed by atoms with van der Waals surface area (Å²) in [5.41, 5.74) is 1.05. The Labute approximate surface area is 158 Å². The first-order chi connectivity index (χ1) is 12.7. The van der Waals surface area contributed by atoms with Gasteiger partial charge in [-0.1, -0.05) is 31.2 Å². The number of aliphatic hydroxyl groups excluding tert-OH is 3. The number of esters is 1. The second-order valence-electron chi connectivity index (χ2n) is 6.75. The van der Waals surface area contributed by atoms with Gasteiger partial charge in [-0.25, -0.2) is 4.79 Å². The Bertz CT molecular complexity index is 729. The van der Waals surface area contributed by atoms with Crippen molar-refractivity contribution in [2.75, 3.05) is 12.4 Å². The Kier molecular flexibility index (Phi) is 7.01. The average molecular weight is 377 g/mol. The molecule has 0 radical (unpaired) electrons. The van der Waals surface area contributed by atoms with Gasteiger partial charge in [0.05, 0.1) is 6.10 Å². The number of ether oxygens (including phenoxy) is 1. The summed E-state index contributed by atoms with van der Waals surface area (Å²) in [5.74, 6) is -1.14. The monoisotopic (exact) mass is 377 g/mol. The molecule has 0 saturated heterocycles. The lowest BCUT2D eigenvalue weighted by molar-refractivity contribution is -0.0395. The van der Waals surface area contributed by atoms with Gasteiger partial charge in [-0.15, -0.1) is 0 Å². The zero-order chi connectivity index (χ0) is 20.1. The molecule has 1 aliphatic rings. The van der Waals surface area contributed by atoms with Crippen molar-refractivity contribution in [1.82, 2.24) is 0 Å². The lowest BCUT2D eigenvalue weighted by Gasteiger charge is -2.22. The van der Waals surface area contributed by atoms with E-state index < -0.39 is 30.4 Å². The summed E-state index contributed by atoms with van der Waals surface area (Å²) >= 11 is 0. The first kappa shape index (κ1) is 21.0. The Morgan fingerprint density at radius 1 is 1.15 bits per heavy atom. The summed E-state index contributed by atoms with van der Waals surface area (Å²) < 4.78 is 5.47. The lowest BCUT2D eigenvalue weighted by Crippen LogP contribution is -2.36. The number of hydrogen-bond donors (Lipinski definition) is 5. The number of carbonyl (C=O) groups is 1. The van der Waals surface area contributed by atoms with Crippen LogP contribution in [0.15, 0.2) is 30.4 Å². The first-order valence-corrected chi connectivity index (χ1v) is 8.89. The zero-order valence-corrected chi connectivity index (χ0v) is 15.7. The number of hydrogen-bond acceptors (Lipinski definition) is 7. The number of aliphatic hydroxyl groups is 3. The molecule has 0 amide bonds. The van der Waals surface area contributed by atoms with E-state index in [1.807, 2.05) is 0 Å². The van der Waals surface area contributed by atoms with Gasteiger partial charge >= 0.3 is 5.97 Å². The van der Waals surface area contributed by atoms with Gasteiger partial charge < -0.3 is 30.5 Å². The van der Waals surface area contributed by atoms with Crippen LogP contribution in [-0.4, -0.2) is 57.9 Å². The quantitative estimate of drug-likeness (QED) is 0.373. The normalized spacial score (nSPS) is 31.9. The fraction of sp³-hybridized carbons (Fsp3) is 0.450. The molecule has 1 aliphatic heterocycles. The molecule has 0 bridgehead atoms. The largest absolute Gasteiger partial charge is 0.507 e. The number of aromatic hydroxyl groups is 1. The van der Waals surface area contributed by atoms with Crippen LogP contribution in [-0.2, 0) is 4.74 Å². The minimum atomic E-state index is -1.35. The van der Waals surface area contributed by atoms with Crippen molar-refractivity contribution in [2.24, 2.45) is 5.92 Å². The molecule has 0 saturated carbocycles. The smallest absolute Gasteiger partial charge is 0.342 e. The van der Waals surface area contributed by atoms with E-state index in [9.17, 15) is 25.2 Å². The van der Waals surface area contributed by atoms with Crippen molar-refractivity contribution >= 4 is 17.7 Å². The second kappa shape index (κ2) is 9.03. The third-order valence-corrected chi connectivity index (χ3v) is 4.71. The maximum atomic E-state index is 12.6.